The van der Waals surface area contributed by atoms with E-state index in [2.05, 4.69) is 45.1 Å². The van der Waals surface area contributed by atoms with Crippen molar-refractivity contribution in [1.82, 2.24) is 19.8 Å². The summed E-state index contributed by atoms with van der Waals surface area (Å²) in [5, 5.41) is 4.15. The van der Waals surface area contributed by atoms with E-state index < -0.39 is 0 Å². The highest BCUT2D eigenvalue weighted by Crippen LogP contribution is 2.39. The summed E-state index contributed by atoms with van der Waals surface area (Å²) in [5.41, 5.74) is 2.16. The van der Waals surface area contributed by atoms with E-state index in [4.69, 9.17) is 16.6 Å². The molecule has 3 aromatic heterocycles. The summed E-state index contributed by atoms with van der Waals surface area (Å²) in [5.74, 6) is 0.889. The van der Waals surface area contributed by atoms with Crippen LogP contribution in [0.1, 0.15) is 29.2 Å². The Bertz CT molecular complexity index is 828. The van der Waals surface area contributed by atoms with Crippen LogP contribution in [0, 0.1) is 0 Å². The van der Waals surface area contributed by atoms with Crippen molar-refractivity contribution in [1.29, 1.82) is 0 Å². The summed E-state index contributed by atoms with van der Waals surface area (Å²) >= 11 is 5.62. The summed E-state index contributed by atoms with van der Waals surface area (Å²) in [6.45, 7) is 0.623. The molecule has 0 radical (unpaired) electrons. The average Bonchev–Trinajstić information content (AvgIpc) is 3.31. The van der Waals surface area contributed by atoms with Gasteiger partial charge in [-0.25, -0.2) is 0 Å². The average molecular weight is 338 g/mol. The molecule has 1 aliphatic rings. The zero-order valence-corrected chi connectivity index (χ0v) is 14.1. The molecule has 4 rings (SSSR count). The van der Waals surface area contributed by atoms with Crippen molar-refractivity contribution in [2.24, 2.45) is 7.05 Å². The zero-order chi connectivity index (χ0) is 16.5. The molecule has 0 spiro atoms. The van der Waals surface area contributed by atoms with Gasteiger partial charge in [0.25, 0.3) is 0 Å². The number of pyridine rings is 1. The van der Waals surface area contributed by atoms with E-state index in [0.29, 0.717) is 11.7 Å². The van der Waals surface area contributed by atoms with Gasteiger partial charge in [0.2, 0.25) is 0 Å². The number of aryl methyl sites for hydroxylation is 1. The fraction of sp³-hybridized carbons (Fsp3) is 0.222. The highest BCUT2D eigenvalue weighted by atomic mass is 32.1. The van der Waals surface area contributed by atoms with Crippen LogP contribution in [0.25, 0.3) is 0 Å². The Morgan fingerprint density at radius 1 is 1.21 bits per heavy atom. The largest absolute Gasteiger partial charge is 0.467 e. The van der Waals surface area contributed by atoms with Crippen LogP contribution in [0.5, 0.6) is 0 Å². The number of thiocarbonyl (C=S) groups is 1. The Morgan fingerprint density at radius 3 is 2.79 bits per heavy atom. The first-order chi connectivity index (χ1) is 11.7. The molecule has 2 atom stereocenters. The topological polar surface area (TPSA) is 46.2 Å². The van der Waals surface area contributed by atoms with Gasteiger partial charge in [0.15, 0.2) is 5.11 Å². The van der Waals surface area contributed by atoms with Gasteiger partial charge >= 0.3 is 0 Å². The SMILES string of the molecule is Cn1cccc1[C@H]1[C@@H](c2ccccn2)NC(=S)N1Cc1ccco1. The maximum absolute atomic E-state index is 5.62. The van der Waals surface area contributed by atoms with Crippen LogP contribution in [0.3, 0.4) is 0 Å². The van der Waals surface area contributed by atoms with Gasteiger partial charge in [-0.1, -0.05) is 6.07 Å². The normalized spacial score (nSPS) is 20.4. The molecule has 1 N–H and O–H groups in total. The fourth-order valence-corrected chi connectivity index (χ4v) is 3.55. The van der Waals surface area contributed by atoms with Crippen molar-refractivity contribution in [2.75, 3.05) is 0 Å². The van der Waals surface area contributed by atoms with Crippen LogP contribution in [0.4, 0.5) is 0 Å². The van der Waals surface area contributed by atoms with Crippen LogP contribution >= 0.6 is 12.2 Å². The van der Waals surface area contributed by atoms with E-state index in [-0.39, 0.29) is 12.1 Å². The van der Waals surface area contributed by atoms with Crippen LogP contribution in [-0.4, -0.2) is 19.6 Å². The number of rotatable bonds is 4. The van der Waals surface area contributed by atoms with Crippen molar-refractivity contribution >= 4 is 17.3 Å². The summed E-state index contributed by atoms with van der Waals surface area (Å²) in [6.07, 6.45) is 5.56. The first-order valence-electron chi connectivity index (χ1n) is 7.86. The third-order valence-corrected chi connectivity index (χ3v) is 4.74. The van der Waals surface area contributed by atoms with Gasteiger partial charge in [-0.15, -0.1) is 0 Å². The van der Waals surface area contributed by atoms with Crippen molar-refractivity contribution in [3.05, 3.63) is 78.3 Å². The standard InChI is InChI=1S/C18H18N4OS/c1-21-10-4-8-15(21)17-16(14-7-2-3-9-19-14)20-18(24)22(17)12-13-6-5-11-23-13/h2-11,16-17H,12H2,1H3,(H,20,24)/t16-,17+/m1/s1. The van der Waals surface area contributed by atoms with E-state index in [9.17, 15) is 0 Å². The van der Waals surface area contributed by atoms with Gasteiger partial charge in [0.05, 0.1) is 30.6 Å². The number of aromatic nitrogens is 2. The molecule has 1 saturated heterocycles. The van der Waals surface area contributed by atoms with Gasteiger partial charge in [0.1, 0.15) is 5.76 Å². The minimum Gasteiger partial charge on any atom is -0.467 e. The van der Waals surface area contributed by atoms with Crippen molar-refractivity contribution < 1.29 is 4.42 Å². The minimum atomic E-state index is 0.00209. The Morgan fingerprint density at radius 2 is 2.12 bits per heavy atom. The second kappa shape index (κ2) is 6.13. The van der Waals surface area contributed by atoms with Crippen molar-refractivity contribution in [3.63, 3.8) is 0 Å². The molecule has 1 aliphatic heterocycles. The number of hydrogen-bond acceptors (Lipinski definition) is 3. The van der Waals surface area contributed by atoms with Crippen LogP contribution in [-0.2, 0) is 13.6 Å². The summed E-state index contributed by atoms with van der Waals surface area (Å²) < 4.78 is 7.66. The molecular formula is C18H18N4OS. The number of furan rings is 1. The molecule has 0 saturated carbocycles. The molecule has 0 amide bonds. The molecule has 122 valence electrons. The second-order valence-electron chi connectivity index (χ2n) is 5.88. The van der Waals surface area contributed by atoms with E-state index >= 15 is 0 Å². The van der Waals surface area contributed by atoms with Gasteiger partial charge in [0, 0.05) is 25.1 Å². The van der Waals surface area contributed by atoms with Gasteiger partial charge < -0.3 is 19.2 Å². The lowest BCUT2D eigenvalue weighted by atomic mass is 10.0. The molecule has 0 bridgehead atoms. The molecule has 5 nitrogen and oxygen atoms in total. The highest BCUT2D eigenvalue weighted by molar-refractivity contribution is 7.80. The van der Waals surface area contributed by atoms with E-state index in [1.165, 1.54) is 5.69 Å². The molecule has 24 heavy (non-hydrogen) atoms. The van der Waals surface area contributed by atoms with E-state index in [0.717, 1.165) is 11.5 Å². The lowest BCUT2D eigenvalue weighted by molar-refractivity contribution is 0.278. The van der Waals surface area contributed by atoms with Gasteiger partial charge in [-0.2, -0.15) is 0 Å². The number of nitrogens with one attached hydrogen (secondary N) is 1. The zero-order valence-electron chi connectivity index (χ0n) is 13.3. The smallest absolute Gasteiger partial charge is 0.170 e. The highest BCUT2D eigenvalue weighted by Gasteiger charge is 2.41. The lowest BCUT2D eigenvalue weighted by Crippen LogP contribution is -2.29. The Balaban J connectivity index is 1.75. The molecule has 0 unspecified atom stereocenters. The molecule has 0 aliphatic carbocycles. The molecule has 1 fully saturated rings. The lowest BCUT2D eigenvalue weighted by Gasteiger charge is -2.27. The Hall–Kier alpha value is -2.60. The minimum absolute atomic E-state index is 0.00209. The molecule has 6 heteroatoms. The number of nitrogens with zero attached hydrogens (tertiary/aromatic N) is 3. The summed E-state index contributed by atoms with van der Waals surface area (Å²) in [6, 6.07) is 14.1. The summed E-state index contributed by atoms with van der Waals surface area (Å²) in [7, 11) is 2.05. The molecule has 4 heterocycles. The second-order valence-corrected chi connectivity index (χ2v) is 6.26. The first kappa shape index (κ1) is 15.0. The van der Waals surface area contributed by atoms with Crippen LogP contribution < -0.4 is 5.32 Å². The summed E-state index contributed by atoms with van der Waals surface area (Å²) in [4.78, 5) is 6.70. The molecule has 3 aromatic rings. The number of hydrogen-bond donors (Lipinski definition) is 1. The monoisotopic (exact) mass is 338 g/mol. The van der Waals surface area contributed by atoms with Crippen molar-refractivity contribution in [3.8, 4) is 0 Å². The predicted octanol–water partition coefficient (Wildman–Crippen LogP) is 3.19. The predicted molar refractivity (Wildman–Crippen MR) is 95.1 cm³/mol. The third-order valence-electron chi connectivity index (χ3n) is 4.39. The Kier molecular flexibility index (Phi) is 3.82. The quantitative estimate of drug-likeness (QED) is 0.740. The first-order valence-corrected chi connectivity index (χ1v) is 8.26. The van der Waals surface area contributed by atoms with E-state index in [1.54, 1.807) is 6.26 Å². The van der Waals surface area contributed by atoms with Crippen LogP contribution in [0.2, 0.25) is 0 Å². The van der Waals surface area contributed by atoms with Crippen LogP contribution in [0.15, 0.2) is 65.5 Å². The maximum atomic E-state index is 5.62. The molecular weight excluding hydrogens is 320 g/mol. The van der Waals surface area contributed by atoms with E-state index in [1.807, 2.05) is 36.5 Å². The fourth-order valence-electron chi connectivity index (χ4n) is 3.25. The Labute approximate surface area is 145 Å². The third kappa shape index (κ3) is 2.59. The van der Waals surface area contributed by atoms with Crippen molar-refractivity contribution in [2.45, 2.75) is 18.6 Å². The maximum Gasteiger partial charge on any atom is 0.170 e. The van der Waals surface area contributed by atoms with Gasteiger partial charge in [-0.3, -0.25) is 4.98 Å². The molecule has 0 aromatic carbocycles. The van der Waals surface area contributed by atoms with Gasteiger partial charge in [-0.05, 0) is 48.6 Å².